The second-order valence-electron chi connectivity index (χ2n) is 5.30. The van der Waals surface area contributed by atoms with Crippen molar-refractivity contribution >= 4 is 11.0 Å². The van der Waals surface area contributed by atoms with Gasteiger partial charge in [0.25, 0.3) is 0 Å². The van der Waals surface area contributed by atoms with E-state index in [9.17, 15) is 4.39 Å². The third kappa shape index (κ3) is 2.55. The molecule has 0 spiro atoms. The minimum Gasteiger partial charge on any atom is -0.459 e. The van der Waals surface area contributed by atoms with Crippen LogP contribution in [0.15, 0.2) is 46.9 Å². The van der Waals surface area contributed by atoms with E-state index in [-0.39, 0.29) is 11.9 Å². The van der Waals surface area contributed by atoms with Gasteiger partial charge in [0, 0.05) is 5.39 Å². The second kappa shape index (κ2) is 5.31. The van der Waals surface area contributed by atoms with Crippen LogP contribution in [0.3, 0.4) is 0 Å². The van der Waals surface area contributed by atoms with Crippen LogP contribution in [0, 0.1) is 19.7 Å². The zero-order valence-electron chi connectivity index (χ0n) is 12.0. The first-order chi connectivity index (χ1) is 10.1. The van der Waals surface area contributed by atoms with Crippen LogP contribution in [0.1, 0.15) is 28.5 Å². The minimum atomic E-state index is -0.308. The van der Waals surface area contributed by atoms with E-state index in [0.29, 0.717) is 11.3 Å². The molecule has 1 atom stereocenters. The highest BCUT2D eigenvalue weighted by Crippen LogP contribution is 2.29. The lowest BCUT2D eigenvalue weighted by Crippen LogP contribution is -2.28. The van der Waals surface area contributed by atoms with E-state index in [2.05, 4.69) is 11.5 Å². The molecule has 0 aliphatic heterocycles. The molecule has 3 aromatic rings. The molecule has 1 heterocycles. The van der Waals surface area contributed by atoms with E-state index in [4.69, 9.17) is 10.3 Å². The van der Waals surface area contributed by atoms with Crippen LogP contribution in [-0.4, -0.2) is 0 Å². The van der Waals surface area contributed by atoms with Crippen molar-refractivity contribution in [1.82, 2.24) is 5.43 Å². The van der Waals surface area contributed by atoms with E-state index in [1.54, 1.807) is 19.1 Å². The monoisotopic (exact) mass is 284 g/mol. The molecular formula is C17H17FN2O. The molecule has 3 nitrogen and oxygen atoms in total. The number of furan rings is 1. The number of hydrazine groups is 1. The second-order valence-corrected chi connectivity index (χ2v) is 5.30. The molecule has 0 aliphatic carbocycles. The molecule has 1 unspecified atom stereocenters. The average Bonchev–Trinajstić information content (AvgIpc) is 2.86. The predicted molar refractivity (Wildman–Crippen MR) is 81.3 cm³/mol. The van der Waals surface area contributed by atoms with Gasteiger partial charge in [-0.1, -0.05) is 23.8 Å². The predicted octanol–water partition coefficient (Wildman–Crippen LogP) is 3.74. The number of rotatable bonds is 3. The fraction of sp³-hybridized carbons (Fsp3) is 0.176. The lowest BCUT2D eigenvalue weighted by Gasteiger charge is -2.14. The number of hydrogen-bond acceptors (Lipinski definition) is 3. The quantitative estimate of drug-likeness (QED) is 0.569. The van der Waals surface area contributed by atoms with Gasteiger partial charge in [-0.3, -0.25) is 5.84 Å². The van der Waals surface area contributed by atoms with Crippen LogP contribution in [0.2, 0.25) is 0 Å². The Balaban J connectivity index is 2.06. The van der Waals surface area contributed by atoms with Gasteiger partial charge in [0.05, 0.1) is 0 Å². The van der Waals surface area contributed by atoms with E-state index in [0.717, 1.165) is 16.5 Å². The molecule has 3 rings (SSSR count). The molecule has 0 saturated heterocycles. The van der Waals surface area contributed by atoms with E-state index in [1.807, 2.05) is 25.1 Å². The van der Waals surface area contributed by atoms with Gasteiger partial charge in [-0.05, 0) is 49.2 Å². The SMILES string of the molecule is Cc1ccc2oc(C(NN)c3ccc(F)c(C)c3)cc2c1. The summed E-state index contributed by atoms with van der Waals surface area (Å²) < 4.78 is 19.3. The highest BCUT2D eigenvalue weighted by Gasteiger charge is 2.18. The summed E-state index contributed by atoms with van der Waals surface area (Å²) >= 11 is 0. The molecule has 0 fully saturated rings. The lowest BCUT2D eigenvalue weighted by atomic mass is 10.0. The Hall–Kier alpha value is -2.17. The summed E-state index contributed by atoms with van der Waals surface area (Å²) in [5.41, 5.74) is 6.18. The third-order valence-corrected chi connectivity index (χ3v) is 3.66. The summed E-state index contributed by atoms with van der Waals surface area (Å²) in [5, 5.41) is 1.03. The molecule has 108 valence electrons. The van der Waals surface area contributed by atoms with Crippen LogP contribution in [0.25, 0.3) is 11.0 Å². The first-order valence-electron chi connectivity index (χ1n) is 6.81. The maximum absolute atomic E-state index is 13.4. The average molecular weight is 284 g/mol. The van der Waals surface area contributed by atoms with E-state index < -0.39 is 0 Å². The number of hydrogen-bond donors (Lipinski definition) is 2. The van der Waals surface area contributed by atoms with Gasteiger partial charge in [-0.25, -0.2) is 9.82 Å². The van der Waals surface area contributed by atoms with Crippen molar-refractivity contribution in [2.45, 2.75) is 19.9 Å². The summed E-state index contributed by atoms with van der Waals surface area (Å²) in [6.45, 7) is 3.77. The Labute approximate surface area is 122 Å². The van der Waals surface area contributed by atoms with Crippen molar-refractivity contribution in [2.75, 3.05) is 0 Å². The van der Waals surface area contributed by atoms with Gasteiger partial charge in [0.1, 0.15) is 23.2 Å². The molecule has 3 N–H and O–H groups in total. The third-order valence-electron chi connectivity index (χ3n) is 3.66. The molecule has 2 aromatic carbocycles. The van der Waals surface area contributed by atoms with Gasteiger partial charge in [-0.2, -0.15) is 0 Å². The summed E-state index contributed by atoms with van der Waals surface area (Å²) in [5.74, 6) is 6.16. The summed E-state index contributed by atoms with van der Waals surface area (Å²) in [6, 6.07) is 12.6. The Morgan fingerprint density at radius 3 is 2.62 bits per heavy atom. The smallest absolute Gasteiger partial charge is 0.134 e. The molecule has 4 heteroatoms. The van der Waals surface area contributed by atoms with Crippen molar-refractivity contribution in [2.24, 2.45) is 5.84 Å². The normalized spacial score (nSPS) is 12.8. The van der Waals surface area contributed by atoms with Gasteiger partial charge in [0.2, 0.25) is 0 Å². The molecule has 21 heavy (non-hydrogen) atoms. The van der Waals surface area contributed by atoms with Gasteiger partial charge < -0.3 is 4.42 Å². The number of halogens is 1. The fourth-order valence-electron chi connectivity index (χ4n) is 2.52. The molecule has 0 radical (unpaired) electrons. The Kier molecular flexibility index (Phi) is 3.49. The minimum absolute atomic E-state index is 0.227. The van der Waals surface area contributed by atoms with Crippen molar-refractivity contribution in [3.05, 3.63) is 70.7 Å². The van der Waals surface area contributed by atoms with Gasteiger partial charge >= 0.3 is 0 Å². The van der Waals surface area contributed by atoms with Crippen molar-refractivity contribution < 1.29 is 8.81 Å². The molecule has 1 aromatic heterocycles. The Bertz CT molecular complexity index is 795. The topological polar surface area (TPSA) is 51.2 Å². The van der Waals surface area contributed by atoms with Crippen molar-refractivity contribution in [1.29, 1.82) is 0 Å². The summed E-state index contributed by atoms with van der Waals surface area (Å²) in [6.07, 6.45) is 0. The zero-order chi connectivity index (χ0) is 15.0. The standard InChI is InChI=1S/C17H17FN2O/c1-10-3-6-15-13(7-10)9-16(21-15)17(20-19)12-4-5-14(18)11(2)8-12/h3-9,17,20H,19H2,1-2H3. The number of nitrogens with one attached hydrogen (secondary N) is 1. The number of aryl methyl sites for hydroxylation is 2. The summed E-state index contributed by atoms with van der Waals surface area (Å²) in [4.78, 5) is 0. The molecule has 0 amide bonds. The largest absolute Gasteiger partial charge is 0.459 e. The Morgan fingerprint density at radius 1 is 1.10 bits per heavy atom. The maximum atomic E-state index is 13.4. The van der Waals surface area contributed by atoms with Gasteiger partial charge in [0.15, 0.2) is 0 Å². The highest BCUT2D eigenvalue weighted by molar-refractivity contribution is 5.79. The molecule has 0 bridgehead atoms. The first kappa shape index (κ1) is 13.8. The van der Waals surface area contributed by atoms with Crippen LogP contribution >= 0.6 is 0 Å². The van der Waals surface area contributed by atoms with Crippen molar-refractivity contribution in [3.63, 3.8) is 0 Å². The van der Waals surface area contributed by atoms with Crippen molar-refractivity contribution in [3.8, 4) is 0 Å². The maximum Gasteiger partial charge on any atom is 0.134 e. The van der Waals surface area contributed by atoms with Crippen LogP contribution < -0.4 is 11.3 Å². The van der Waals surface area contributed by atoms with E-state index in [1.165, 1.54) is 11.6 Å². The number of fused-ring (bicyclic) bond motifs is 1. The number of benzene rings is 2. The zero-order valence-corrected chi connectivity index (χ0v) is 12.0. The number of nitrogens with two attached hydrogens (primary N) is 1. The first-order valence-corrected chi connectivity index (χ1v) is 6.81. The Morgan fingerprint density at radius 2 is 1.90 bits per heavy atom. The lowest BCUT2D eigenvalue weighted by molar-refractivity contribution is 0.476. The van der Waals surface area contributed by atoms with Crippen LogP contribution in [0.5, 0.6) is 0 Å². The van der Waals surface area contributed by atoms with Crippen LogP contribution in [-0.2, 0) is 0 Å². The highest BCUT2D eigenvalue weighted by atomic mass is 19.1. The fourth-order valence-corrected chi connectivity index (χ4v) is 2.52. The van der Waals surface area contributed by atoms with E-state index >= 15 is 0 Å². The molecule has 0 saturated carbocycles. The molecular weight excluding hydrogens is 267 g/mol. The summed E-state index contributed by atoms with van der Waals surface area (Å²) in [7, 11) is 0. The van der Waals surface area contributed by atoms with Crippen LogP contribution in [0.4, 0.5) is 4.39 Å². The van der Waals surface area contributed by atoms with Gasteiger partial charge in [-0.15, -0.1) is 0 Å². The molecule has 0 aliphatic rings.